The molecule has 22 heavy (non-hydrogen) atoms. The van der Waals surface area contributed by atoms with Crippen molar-refractivity contribution in [1.29, 1.82) is 0 Å². The van der Waals surface area contributed by atoms with Crippen molar-refractivity contribution in [3.05, 3.63) is 73.8 Å². The van der Waals surface area contributed by atoms with Gasteiger partial charge in [0.2, 0.25) is 0 Å². The van der Waals surface area contributed by atoms with Gasteiger partial charge in [-0.3, -0.25) is 0 Å². The molecule has 0 saturated heterocycles. The molecule has 2 rings (SSSR count). The van der Waals surface area contributed by atoms with E-state index in [0.717, 1.165) is 11.5 Å². The molecule has 0 radical (unpaired) electrons. The number of thioether (sulfide) groups is 2. The van der Waals surface area contributed by atoms with Crippen LogP contribution in [0.5, 0.6) is 0 Å². The molecule has 0 heterocycles. The maximum Gasteiger partial charge on any atom is 0.0187 e. The molecule has 0 nitrogen and oxygen atoms in total. The normalized spacial score (nSPS) is 10.4. The summed E-state index contributed by atoms with van der Waals surface area (Å²) in [6, 6.07) is 17.4. The molecular formula is C18H18S4. The van der Waals surface area contributed by atoms with Crippen LogP contribution < -0.4 is 0 Å². The average molecular weight is 363 g/mol. The first-order chi connectivity index (χ1) is 10.8. The predicted octanol–water partition coefficient (Wildman–Crippen LogP) is 7.04. The zero-order valence-corrected chi connectivity index (χ0v) is 15.5. The van der Waals surface area contributed by atoms with E-state index in [1.54, 1.807) is 21.6 Å². The largest absolute Gasteiger partial charge is 0.122 e. The second-order valence-electron chi connectivity index (χ2n) is 4.31. The zero-order valence-electron chi connectivity index (χ0n) is 12.2. The predicted molar refractivity (Wildman–Crippen MR) is 106 cm³/mol. The number of benzene rings is 2. The molecule has 0 aromatic heterocycles. The molecule has 2 aromatic rings. The zero-order chi connectivity index (χ0) is 15.6. The SMILES string of the molecule is C=CCSc1ccc(SSc2ccc(SCC=C)cc2)cc1. The Hall–Kier alpha value is -0.680. The van der Waals surface area contributed by atoms with Crippen molar-refractivity contribution < 1.29 is 0 Å². The summed E-state index contributed by atoms with van der Waals surface area (Å²) in [6.45, 7) is 7.49. The first-order valence-corrected chi connectivity index (χ1v) is 11.0. The Morgan fingerprint density at radius 2 is 0.909 bits per heavy atom. The van der Waals surface area contributed by atoms with Gasteiger partial charge in [-0.25, -0.2) is 0 Å². The van der Waals surface area contributed by atoms with Gasteiger partial charge in [-0.15, -0.1) is 36.7 Å². The fraction of sp³-hybridized carbons (Fsp3) is 0.111. The lowest BCUT2D eigenvalue weighted by molar-refractivity contribution is 1.35. The van der Waals surface area contributed by atoms with Gasteiger partial charge in [-0.1, -0.05) is 33.7 Å². The van der Waals surface area contributed by atoms with Crippen LogP contribution in [0.25, 0.3) is 0 Å². The van der Waals surface area contributed by atoms with Crippen molar-refractivity contribution >= 4 is 45.1 Å². The van der Waals surface area contributed by atoms with E-state index in [0.29, 0.717) is 0 Å². The fourth-order valence-electron chi connectivity index (χ4n) is 1.59. The Labute approximate surface area is 149 Å². The smallest absolute Gasteiger partial charge is 0.0187 e. The lowest BCUT2D eigenvalue weighted by Gasteiger charge is -2.04. The standard InChI is InChI=1S/C18H18S4/c1-3-13-19-15-5-9-17(10-6-15)21-22-18-11-7-16(8-12-18)20-14-4-2/h3-12H,1-2,13-14H2. The van der Waals surface area contributed by atoms with Crippen LogP contribution in [0.3, 0.4) is 0 Å². The van der Waals surface area contributed by atoms with Crippen molar-refractivity contribution in [2.45, 2.75) is 19.6 Å². The molecule has 0 fully saturated rings. The van der Waals surface area contributed by atoms with E-state index in [4.69, 9.17) is 0 Å². The van der Waals surface area contributed by atoms with Crippen molar-refractivity contribution in [2.24, 2.45) is 0 Å². The summed E-state index contributed by atoms with van der Waals surface area (Å²) in [6.07, 6.45) is 3.86. The van der Waals surface area contributed by atoms with Crippen molar-refractivity contribution in [2.75, 3.05) is 11.5 Å². The van der Waals surface area contributed by atoms with Crippen LogP contribution in [0.4, 0.5) is 0 Å². The minimum atomic E-state index is 0.956. The topological polar surface area (TPSA) is 0 Å². The third-order valence-corrected chi connectivity index (χ3v) is 7.05. The summed E-state index contributed by atoms with van der Waals surface area (Å²) in [4.78, 5) is 5.13. The second-order valence-corrected chi connectivity index (χ2v) is 8.77. The quantitative estimate of drug-likeness (QED) is 0.266. The monoisotopic (exact) mass is 362 g/mol. The van der Waals surface area contributed by atoms with Gasteiger partial charge in [0.05, 0.1) is 0 Å². The summed E-state index contributed by atoms with van der Waals surface area (Å²) in [7, 11) is 3.59. The van der Waals surface area contributed by atoms with Gasteiger partial charge in [0.25, 0.3) is 0 Å². The Bertz CT molecular complexity index is 532. The molecule has 0 aliphatic heterocycles. The minimum absolute atomic E-state index is 0.956. The maximum absolute atomic E-state index is 3.74. The van der Waals surface area contributed by atoms with E-state index < -0.39 is 0 Å². The van der Waals surface area contributed by atoms with Gasteiger partial charge in [0.15, 0.2) is 0 Å². The molecular weight excluding hydrogens is 344 g/mol. The van der Waals surface area contributed by atoms with E-state index in [1.807, 2.05) is 35.7 Å². The van der Waals surface area contributed by atoms with Crippen molar-refractivity contribution in [1.82, 2.24) is 0 Å². The molecule has 0 amide bonds. The van der Waals surface area contributed by atoms with E-state index >= 15 is 0 Å². The van der Waals surface area contributed by atoms with Gasteiger partial charge >= 0.3 is 0 Å². The van der Waals surface area contributed by atoms with Gasteiger partial charge in [0, 0.05) is 31.1 Å². The average Bonchev–Trinajstić information content (AvgIpc) is 2.58. The van der Waals surface area contributed by atoms with Crippen molar-refractivity contribution in [3.8, 4) is 0 Å². The van der Waals surface area contributed by atoms with E-state index in [9.17, 15) is 0 Å². The van der Waals surface area contributed by atoms with E-state index in [1.165, 1.54) is 19.6 Å². The fourth-order valence-corrected chi connectivity index (χ4v) is 4.80. The van der Waals surface area contributed by atoms with Crippen LogP contribution >= 0.6 is 45.1 Å². The van der Waals surface area contributed by atoms with Crippen LogP contribution in [0.2, 0.25) is 0 Å². The second kappa shape index (κ2) is 10.2. The Morgan fingerprint density at radius 1 is 0.591 bits per heavy atom. The third-order valence-electron chi connectivity index (χ3n) is 2.62. The highest BCUT2D eigenvalue weighted by Gasteiger charge is 2.00. The summed E-state index contributed by atoms with van der Waals surface area (Å²) >= 11 is 3.62. The highest BCUT2D eigenvalue weighted by Crippen LogP contribution is 2.38. The number of rotatable bonds is 9. The van der Waals surface area contributed by atoms with Gasteiger partial charge in [0.1, 0.15) is 0 Å². The van der Waals surface area contributed by atoms with E-state index in [2.05, 4.69) is 61.7 Å². The van der Waals surface area contributed by atoms with Gasteiger partial charge < -0.3 is 0 Å². The molecule has 4 heteroatoms. The molecule has 114 valence electrons. The number of hydrogen-bond donors (Lipinski definition) is 0. The molecule has 0 saturated carbocycles. The van der Waals surface area contributed by atoms with Crippen LogP contribution in [-0.2, 0) is 0 Å². The van der Waals surface area contributed by atoms with Crippen LogP contribution in [0.1, 0.15) is 0 Å². The van der Waals surface area contributed by atoms with Gasteiger partial charge in [-0.2, -0.15) is 0 Å². The molecule has 0 N–H and O–H groups in total. The highest BCUT2D eigenvalue weighted by molar-refractivity contribution is 8.76. The molecule has 0 aliphatic rings. The molecule has 0 aliphatic carbocycles. The molecule has 0 spiro atoms. The first-order valence-electron chi connectivity index (χ1n) is 6.84. The third kappa shape index (κ3) is 6.21. The number of hydrogen-bond acceptors (Lipinski definition) is 4. The molecule has 0 bridgehead atoms. The van der Waals surface area contributed by atoms with Crippen LogP contribution in [-0.4, -0.2) is 11.5 Å². The Balaban J connectivity index is 1.84. The summed E-state index contributed by atoms with van der Waals surface area (Å²) in [5, 5.41) is 0. The van der Waals surface area contributed by atoms with Crippen LogP contribution in [0, 0.1) is 0 Å². The maximum atomic E-state index is 3.74. The van der Waals surface area contributed by atoms with E-state index in [-0.39, 0.29) is 0 Å². The minimum Gasteiger partial charge on any atom is -0.122 e. The lowest BCUT2D eigenvalue weighted by atomic mass is 10.4. The summed E-state index contributed by atoms with van der Waals surface area (Å²) in [5.41, 5.74) is 0. The van der Waals surface area contributed by atoms with Gasteiger partial charge in [-0.05, 0) is 48.5 Å². The lowest BCUT2D eigenvalue weighted by Crippen LogP contribution is -1.75. The Morgan fingerprint density at radius 3 is 1.23 bits per heavy atom. The first kappa shape index (κ1) is 17.7. The summed E-state index contributed by atoms with van der Waals surface area (Å²) < 4.78 is 0. The Kier molecular flexibility index (Phi) is 8.16. The van der Waals surface area contributed by atoms with Crippen LogP contribution in [0.15, 0.2) is 93.4 Å². The van der Waals surface area contributed by atoms with Crippen molar-refractivity contribution in [3.63, 3.8) is 0 Å². The molecule has 2 aromatic carbocycles. The summed E-state index contributed by atoms with van der Waals surface area (Å²) in [5.74, 6) is 1.91. The molecule has 0 unspecified atom stereocenters. The highest BCUT2D eigenvalue weighted by atomic mass is 33.1. The molecule has 0 atom stereocenters.